The number of H-pyrrole nitrogens is 1. The monoisotopic (exact) mass is 314 g/mol. The fourth-order valence-electron chi connectivity index (χ4n) is 2.02. The van der Waals surface area contributed by atoms with Gasteiger partial charge in [-0.1, -0.05) is 20.8 Å². The van der Waals surface area contributed by atoms with E-state index in [4.69, 9.17) is 0 Å². The molecule has 1 saturated carbocycles. The molecule has 1 aliphatic rings. The van der Waals surface area contributed by atoms with Gasteiger partial charge in [-0.05, 0) is 31.6 Å². The molecule has 1 unspecified atom stereocenters. The van der Waals surface area contributed by atoms with Crippen LogP contribution in [0.5, 0.6) is 0 Å². The number of hydrogen-bond donors (Lipinski definition) is 3. The van der Waals surface area contributed by atoms with Gasteiger partial charge in [0.05, 0.1) is 11.4 Å². The SMILES string of the molecule is Cc1[nH]nc(CNC2CC2)c1S(=O)(=O)NCC(C)C(C)C. The van der Waals surface area contributed by atoms with E-state index in [0.717, 1.165) is 12.8 Å². The molecule has 0 saturated heterocycles. The van der Waals surface area contributed by atoms with Crippen molar-refractivity contribution in [3.05, 3.63) is 11.4 Å². The van der Waals surface area contributed by atoms with E-state index in [1.165, 1.54) is 0 Å². The van der Waals surface area contributed by atoms with E-state index in [9.17, 15) is 8.42 Å². The Bertz CT molecular complexity index is 576. The number of nitrogens with one attached hydrogen (secondary N) is 3. The zero-order valence-corrected chi connectivity index (χ0v) is 14.0. The van der Waals surface area contributed by atoms with Crippen LogP contribution in [0.25, 0.3) is 0 Å². The van der Waals surface area contributed by atoms with Crippen LogP contribution in [0.1, 0.15) is 45.0 Å². The predicted octanol–water partition coefficient (Wildman–Crippen LogP) is 1.54. The van der Waals surface area contributed by atoms with E-state index in [1.54, 1.807) is 6.92 Å². The Labute approximate surface area is 127 Å². The minimum atomic E-state index is -3.52. The molecular formula is C14H26N4O2S. The molecule has 21 heavy (non-hydrogen) atoms. The Kier molecular flexibility index (Phi) is 5.06. The molecule has 0 amide bonds. The predicted molar refractivity (Wildman–Crippen MR) is 82.4 cm³/mol. The van der Waals surface area contributed by atoms with Gasteiger partial charge >= 0.3 is 0 Å². The molecule has 7 heteroatoms. The quantitative estimate of drug-likeness (QED) is 0.679. The Morgan fingerprint density at radius 1 is 1.33 bits per heavy atom. The maximum absolute atomic E-state index is 12.5. The highest BCUT2D eigenvalue weighted by Gasteiger charge is 2.27. The van der Waals surface area contributed by atoms with Crippen LogP contribution in [-0.2, 0) is 16.6 Å². The second kappa shape index (κ2) is 6.46. The minimum absolute atomic E-state index is 0.292. The normalized spacial score (nSPS) is 17.4. The van der Waals surface area contributed by atoms with Crippen molar-refractivity contribution in [2.75, 3.05) is 6.54 Å². The van der Waals surface area contributed by atoms with Gasteiger partial charge in [-0.3, -0.25) is 5.10 Å². The fourth-order valence-corrected chi connectivity index (χ4v) is 3.53. The lowest BCUT2D eigenvalue weighted by Gasteiger charge is -2.16. The first-order valence-electron chi connectivity index (χ1n) is 7.58. The summed E-state index contributed by atoms with van der Waals surface area (Å²) in [4.78, 5) is 0.298. The third-order valence-corrected chi connectivity index (χ3v) is 5.72. The van der Waals surface area contributed by atoms with Crippen LogP contribution in [0.3, 0.4) is 0 Å². The van der Waals surface area contributed by atoms with Crippen molar-refractivity contribution in [1.82, 2.24) is 20.2 Å². The number of hydrogen-bond acceptors (Lipinski definition) is 4. The molecule has 3 N–H and O–H groups in total. The summed E-state index contributed by atoms with van der Waals surface area (Å²) >= 11 is 0. The summed E-state index contributed by atoms with van der Waals surface area (Å²) in [6.45, 7) is 8.91. The maximum Gasteiger partial charge on any atom is 0.244 e. The lowest BCUT2D eigenvalue weighted by Crippen LogP contribution is -2.31. The van der Waals surface area contributed by atoms with Gasteiger partial charge in [0.1, 0.15) is 4.90 Å². The summed E-state index contributed by atoms with van der Waals surface area (Å²) < 4.78 is 27.8. The van der Waals surface area contributed by atoms with E-state index >= 15 is 0 Å². The van der Waals surface area contributed by atoms with Crippen molar-refractivity contribution in [1.29, 1.82) is 0 Å². The molecule has 0 spiro atoms. The number of rotatable bonds is 8. The smallest absolute Gasteiger partial charge is 0.244 e. The number of aromatic amines is 1. The molecule has 6 nitrogen and oxygen atoms in total. The van der Waals surface area contributed by atoms with Gasteiger partial charge in [0.25, 0.3) is 0 Å². The molecule has 1 fully saturated rings. The van der Waals surface area contributed by atoms with Gasteiger partial charge < -0.3 is 5.32 Å². The van der Waals surface area contributed by atoms with Crippen molar-refractivity contribution in [3.63, 3.8) is 0 Å². The topological polar surface area (TPSA) is 86.9 Å². The van der Waals surface area contributed by atoms with Crippen molar-refractivity contribution >= 4 is 10.0 Å². The summed E-state index contributed by atoms with van der Waals surface area (Å²) in [7, 11) is -3.52. The first kappa shape index (κ1) is 16.5. The summed E-state index contributed by atoms with van der Waals surface area (Å²) in [5.41, 5.74) is 1.16. The average molecular weight is 314 g/mol. The highest BCUT2D eigenvalue weighted by molar-refractivity contribution is 7.89. The summed E-state index contributed by atoms with van der Waals surface area (Å²) in [6.07, 6.45) is 2.32. The van der Waals surface area contributed by atoms with Crippen LogP contribution >= 0.6 is 0 Å². The van der Waals surface area contributed by atoms with Gasteiger partial charge in [0.15, 0.2) is 0 Å². The summed E-state index contributed by atoms with van der Waals surface area (Å²) in [5.74, 6) is 0.731. The van der Waals surface area contributed by atoms with Crippen LogP contribution in [0.4, 0.5) is 0 Å². The number of aryl methyl sites for hydroxylation is 1. The molecule has 0 aromatic carbocycles. The molecule has 0 aliphatic heterocycles. The zero-order valence-electron chi connectivity index (χ0n) is 13.2. The molecule has 1 aliphatic carbocycles. The third kappa shape index (κ3) is 4.28. The maximum atomic E-state index is 12.5. The van der Waals surface area contributed by atoms with Crippen molar-refractivity contribution < 1.29 is 8.42 Å². The van der Waals surface area contributed by atoms with Gasteiger partial charge in [0.2, 0.25) is 10.0 Å². The van der Waals surface area contributed by atoms with Gasteiger partial charge in [-0.2, -0.15) is 5.10 Å². The summed E-state index contributed by atoms with van der Waals surface area (Å²) in [5, 5.41) is 10.2. The molecule has 1 atom stereocenters. The third-order valence-electron chi connectivity index (χ3n) is 4.10. The van der Waals surface area contributed by atoms with Crippen LogP contribution in [-0.4, -0.2) is 31.2 Å². The lowest BCUT2D eigenvalue weighted by molar-refractivity contribution is 0.414. The number of nitrogens with zero attached hydrogens (tertiary/aromatic N) is 1. The van der Waals surface area contributed by atoms with Gasteiger partial charge in [-0.25, -0.2) is 13.1 Å². The van der Waals surface area contributed by atoms with Crippen molar-refractivity contribution in [3.8, 4) is 0 Å². The Hall–Kier alpha value is -0.920. The van der Waals surface area contributed by atoms with Crippen LogP contribution < -0.4 is 10.0 Å². The van der Waals surface area contributed by atoms with Crippen molar-refractivity contribution in [2.45, 2.75) is 58.0 Å². The second-order valence-electron chi connectivity index (χ2n) is 6.35. The standard InChI is InChI=1S/C14H26N4O2S/c1-9(2)10(3)7-16-21(19,20)14-11(4)17-18-13(14)8-15-12-5-6-12/h9-10,12,15-16H,5-8H2,1-4H3,(H,17,18). The molecule has 1 aromatic heterocycles. The first-order chi connectivity index (χ1) is 9.81. The highest BCUT2D eigenvalue weighted by Crippen LogP contribution is 2.22. The Morgan fingerprint density at radius 3 is 2.57 bits per heavy atom. The van der Waals surface area contributed by atoms with Crippen LogP contribution in [0.15, 0.2) is 4.90 Å². The largest absolute Gasteiger partial charge is 0.308 e. The Morgan fingerprint density at radius 2 is 2.00 bits per heavy atom. The fraction of sp³-hybridized carbons (Fsp3) is 0.786. The first-order valence-corrected chi connectivity index (χ1v) is 9.06. The van der Waals surface area contributed by atoms with E-state index in [0.29, 0.717) is 47.3 Å². The summed E-state index contributed by atoms with van der Waals surface area (Å²) in [6, 6.07) is 0.520. The second-order valence-corrected chi connectivity index (χ2v) is 8.06. The molecule has 120 valence electrons. The van der Waals surface area contributed by atoms with E-state index < -0.39 is 10.0 Å². The number of aromatic nitrogens is 2. The highest BCUT2D eigenvalue weighted by atomic mass is 32.2. The minimum Gasteiger partial charge on any atom is -0.308 e. The molecule has 0 radical (unpaired) electrons. The molecule has 1 aromatic rings. The van der Waals surface area contributed by atoms with E-state index in [-0.39, 0.29) is 0 Å². The van der Waals surface area contributed by atoms with Crippen molar-refractivity contribution in [2.24, 2.45) is 11.8 Å². The van der Waals surface area contributed by atoms with Crippen LogP contribution in [0, 0.1) is 18.8 Å². The van der Waals surface area contributed by atoms with E-state index in [1.807, 2.05) is 6.92 Å². The van der Waals surface area contributed by atoms with Gasteiger partial charge in [0, 0.05) is 19.1 Å². The molecular weight excluding hydrogens is 288 g/mol. The molecule has 1 heterocycles. The van der Waals surface area contributed by atoms with Crippen LogP contribution in [0.2, 0.25) is 0 Å². The zero-order chi connectivity index (χ0) is 15.6. The number of sulfonamides is 1. The Balaban J connectivity index is 2.08. The lowest BCUT2D eigenvalue weighted by atomic mass is 9.99. The average Bonchev–Trinajstić information content (AvgIpc) is 3.16. The molecule has 0 bridgehead atoms. The molecule has 2 rings (SSSR count). The van der Waals surface area contributed by atoms with Gasteiger partial charge in [-0.15, -0.1) is 0 Å². The van der Waals surface area contributed by atoms with E-state index in [2.05, 4.69) is 34.1 Å².